The zero-order valence-electron chi connectivity index (χ0n) is 16.6. The molecule has 0 atom stereocenters. The van der Waals surface area contributed by atoms with Crippen LogP contribution in [0.25, 0.3) is 5.57 Å². The van der Waals surface area contributed by atoms with Crippen molar-refractivity contribution < 1.29 is 19.0 Å². The van der Waals surface area contributed by atoms with Gasteiger partial charge < -0.3 is 14.2 Å². The molecule has 2 aromatic carbocycles. The van der Waals surface area contributed by atoms with E-state index in [1.54, 1.807) is 19.2 Å². The van der Waals surface area contributed by atoms with Gasteiger partial charge in [-0.15, -0.1) is 0 Å². The molecule has 0 saturated carbocycles. The highest BCUT2D eigenvalue weighted by molar-refractivity contribution is 6.10. The maximum absolute atomic E-state index is 13.6. The number of benzene rings is 2. The van der Waals surface area contributed by atoms with Crippen LogP contribution in [0.3, 0.4) is 0 Å². The Morgan fingerprint density at radius 3 is 2.11 bits per heavy atom. The van der Waals surface area contributed by atoms with Gasteiger partial charge in [0.15, 0.2) is 11.5 Å². The molecule has 0 aromatic heterocycles. The molecule has 5 nitrogen and oxygen atoms in total. The molecule has 0 radical (unpaired) electrons. The zero-order chi connectivity index (χ0) is 19.8. The quantitative estimate of drug-likeness (QED) is 0.795. The van der Waals surface area contributed by atoms with E-state index in [-0.39, 0.29) is 5.91 Å². The number of carbonyl (C=O) groups is 1. The van der Waals surface area contributed by atoms with Crippen LogP contribution in [0.4, 0.5) is 5.69 Å². The highest BCUT2D eigenvalue weighted by Crippen LogP contribution is 2.42. The lowest BCUT2D eigenvalue weighted by Gasteiger charge is -2.41. The molecule has 1 aliphatic heterocycles. The van der Waals surface area contributed by atoms with Crippen LogP contribution >= 0.6 is 0 Å². The monoisotopic (exact) mass is 367 g/mol. The summed E-state index contributed by atoms with van der Waals surface area (Å²) in [5.41, 5.74) is 3.10. The van der Waals surface area contributed by atoms with Gasteiger partial charge in [0.1, 0.15) is 0 Å². The van der Waals surface area contributed by atoms with Crippen molar-refractivity contribution in [3.63, 3.8) is 0 Å². The van der Waals surface area contributed by atoms with Gasteiger partial charge in [-0.3, -0.25) is 9.69 Å². The number of fused-ring (bicyclic) bond motifs is 1. The van der Waals surface area contributed by atoms with Gasteiger partial charge in [0.05, 0.1) is 32.6 Å². The average molecular weight is 367 g/mol. The van der Waals surface area contributed by atoms with Crippen molar-refractivity contribution in [3.8, 4) is 17.2 Å². The molecule has 1 aliphatic rings. The van der Waals surface area contributed by atoms with Gasteiger partial charge in [-0.1, -0.05) is 24.3 Å². The zero-order valence-corrected chi connectivity index (χ0v) is 16.6. The molecule has 0 N–H and O–H groups in total. The van der Waals surface area contributed by atoms with E-state index >= 15 is 0 Å². The molecule has 0 unspecified atom stereocenters. The molecular formula is C22H25NO4. The van der Waals surface area contributed by atoms with Gasteiger partial charge in [-0.05, 0) is 44.5 Å². The summed E-state index contributed by atoms with van der Waals surface area (Å²) in [5, 5.41) is 0. The Kier molecular flexibility index (Phi) is 4.87. The Morgan fingerprint density at radius 2 is 1.56 bits per heavy atom. The van der Waals surface area contributed by atoms with Gasteiger partial charge in [0, 0.05) is 11.1 Å². The van der Waals surface area contributed by atoms with Gasteiger partial charge in [-0.25, -0.2) is 0 Å². The second-order valence-electron chi connectivity index (χ2n) is 7.05. The summed E-state index contributed by atoms with van der Waals surface area (Å²) in [4.78, 5) is 15.4. The number of amides is 1. The lowest BCUT2D eigenvalue weighted by atomic mass is 9.88. The van der Waals surface area contributed by atoms with E-state index in [0.717, 1.165) is 16.8 Å². The third kappa shape index (κ3) is 3.14. The minimum Gasteiger partial charge on any atom is -0.493 e. The minimum atomic E-state index is -0.476. The van der Waals surface area contributed by atoms with Gasteiger partial charge >= 0.3 is 0 Å². The fourth-order valence-electron chi connectivity index (χ4n) is 3.69. The van der Waals surface area contributed by atoms with Crippen molar-refractivity contribution in [2.24, 2.45) is 0 Å². The Bertz CT molecular complexity index is 889. The van der Waals surface area contributed by atoms with Crippen LogP contribution < -0.4 is 19.1 Å². The maximum Gasteiger partial charge on any atom is 0.259 e. The van der Waals surface area contributed by atoms with Gasteiger partial charge in [-0.2, -0.15) is 0 Å². The molecule has 2 aromatic rings. The van der Waals surface area contributed by atoms with Crippen LogP contribution in [0.15, 0.2) is 42.5 Å². The second-order valence-corrected chi connectivity index (χ2v) is 7.05. The number of hydrogen-bond acceptors (Lipinski definition) is 4. The molecular weight excluding hydrogens is 342 g/mol. The molecule has 0 aliphatic carbocycles. The normalized spacial score (nSPS) is 14.9. The molecule has 27 heavy (non-hydrogen) atoms. The third-order valence-corrected chi connectivity index (χ3v) is 4.83. The van der Waals surface area contributed by atoms with Crippen LogP contribution in [0, 0.1) is 0 Å². The van der Waals surface area contributed by atoms with Crippen LogP contribution in [0.1, 0.15) is 36.7 Å². The van der Waals surface area contributed by atoms with E-state index in [2.05, 4.69) is 13.0 Å². The van der Waals surface area contributed by atoms with Crippen LogP contribution in [-0.4, -0.2) is 32.8 Å². The number of hydrogen-bond donors (Lipinski definition) is 0. The van der Waals surface area contributed by atoms with Crippen molar-refractivity contribution in [1.29, 1.82) is 0 Å². The molecule has 3 rings (SSSR count). The predicted octanol–water partition coefficient (Wildman–Crippen LogP) is 4.55. The Labute approximate surface area is 160 Å². The van der Waals surface area contributed by atoms with E-state index in [9.17, 15) is 4.79 Å². The van der Waals surface area contributed by atoms with Crippen molar-refractivity contribution >= 4 is 17.2 Å². The van der Waals surface area contributed by atoms with Crippen molar-refractivity contribution in [1.82, 2.24) is 0 Å². The first kappa shape index (κ1) is 18.8. The Hall–Kier alpha value is -2.95. The lowest BCUT2D eigenvalue weighted by Crippen LogP contribution is -2.49. The number of nitrogens with zero attached hydrogens (tertiary/aromatic N) is 1. The molecule has 1 amide bonds. The molecule has 142 valence electrons. The van der Waals surface area contributed by atoms with Crippen LogP contribution in [0.2, 0.25) is 0 Å². The number of rotatable bonds is 4. The third-order valence-electron chi connectivity index (χ3n) is 4.83. The minimum absolute atomic E-state index is 0.129. The molecule has 5 heteroatoms. The van der Waals surface area contributed by atoms with E-state index in [0.29, 0.717) is 22.8 Å². The van der Waals surface area contributed by atoms with Crippen LogP contribution in [0.5, 0.6) is 17.2 Å². The SMILES string of the molecule is COc1cc(C(=O)N2c3ccccc3C(C)=CC2(C)C)cc(OC)c1OC. The summed E-state index contributed by atoms with van der Waals surface area (Å²) >= 11 is 0. The fourth-order valence-corrected chi connectivity index (χ4v) is 3.69. The van der Waals surface area contributed by atoms with Gasteiger partial charge in [0.25, 0.3) is 5.91 Å². The molecule has 0 bridgehead atoms. The fraction of sp³-hybridized carbons (Fsp3) is 0.318. The number of allylic oxidation sites excluding steroid dienone is 1. The first-order chi connectivity index (χ1) is 12.8. The highest BCUT2D eigenvalue weighted by atomic mass is 16.5. The number of carbonyl (C=O) groups excluding carboxylic acids is 1. The average Bonchev–Trinajstić information content (AvgIpc) is 2.65. The van der Waals surface area contributed by atoms with E-state index in [4.69, 9.17) is 14.2 Å². The lowest BCUT2D eigenvalue weighted by molar-refractivity contribution is 0.0969. The summed E-state index contributed by atoms with van der Waals surface area (Å²) in [7, 11) is 4.62. The summed E-state index contributed by atoms with van der Waals surface area (Å²) in [5.74, 6) is 1.24. The summed E-state index contributed by atoms with van der Waals surface area (Å²) in [6.45, 7) is 6.13. The van der Waals surface area contributed by atoms with E-state index < -0.39 is 5.54 Å². The molecule has 0 saturated heterocycles. The standard InChI is InChI=1S/C22H25NO4/c1-14-13-22(2,3)23(17-10-8-7-9-16(14)17)21(24)15-11-18(25-4)20(27-6)19(12-15)26-5/h7-13H,1-6H3. The number of anilines is 1. The largest absolute Gasteiger partial charge is 0.493 e. The Balaban J connectivity index is 2.16. The first-order valence-corrected chi connectivity index (χ1v) is 8.77. The number of ether oxygens (including phenoxy) is 3. The van der Waals surface area contributed by atoms with E-state index in [1.165, 1.54) is 14.2 Å². The Morgan fingerprint density at radius 1 is 0.963 bits per heavy atom. The smallest absolute Gasteiger partial charge is 0.259 e. The maximum atomic E-state index is 13.6. The summed E-state index contributed by atoms with van der Waals surface area (Å²) in [6, 6.07) is 11.3. The number of para-hydroxylation sites is 1. The van der Waals surface area contributed by atoms with Crippen molar-refractivity contribution in [2.75, 3.05) is 26.2 Å². The van der Waals surface area contributed by atoms with Crippen molar-refractivity contribution in [3.05, 3.63) is 53.6 Å². The summed E-state index contributed by atoms with van der Waals surface area (Å²) < 4.78 is 16.2. The molecule has 0 spiro atoms. The highest BCUT2D eigenvalue weighted by Gasteiger charge is 2.36. The topological polar surface area (TPSA) is 48.0 Å². The first-order valence-electron chi connectivity index (χ1n) is 8.77. The van der Waals surface area contributed by atoms with Crippen molar-refractivity contribution in [2.45, 2.75) is 26.3 Å². The molecule has 0 fully saturated rings. The predicted molar refractivity (Wildman–Crippen MR) is 107 cm³/mol. The van der Waals surface area contributed by atoms with E-state index in [1.807, 2.05) is 43.0 Å². The number of methoxy groups -OCH3 is 3. The summed E-state index contributed by atoms with van der Waals surface area (Å²) in [6.07, 6.45) is 2.12. The van der Waals surface area contributed by atoms with Gasteiger partial charge in [0.2, 0.25) is 5.75 Å². The van der Waals surface area contributed by atoms with Crippen LogP contribution in [-0.2, 0) is 0 Å². The molecule has 1 heterocycles. The second kappa shape index (κ2) is 6.99.